The molecule has 0 spiro atoms. The van der Waals surface area contributed by atoms with E-state index in [4.69, 9.17) is 0 Å². The van der Waals surface area contributed by atoms with Gasteiger partial charge in [0, 0.05) is 0 Å². The van der Waals surface area contributed by atoms with E-state index in [1.165, 1.54) is 12.8 Å². The second-order valence-corrected chi connectivity index (χ2v) is 12.8. The zero-order chi connectivity index (χ0) is 8.39. The average molecular weight is 413 g/mol. The van der Waals surface area contributed by atoms with Crippen molar-refractivity contribution in [3.8, 4) is 0 Å². The third-order valence-corrected chi connectivity index (χ3v) is 13.3. The topological polar surface area (TPSA) is 0 Å². The first-order valence-corrected chi connectivity index (χ1v) is 12.7. The number of hydrogen-bond donors (Lipinski definition) is 0. The predicted molar refractivity (Wildman–Crippen MR) is 72.9 cm³/mol. The molecule has 2 aliphatic rings. The monoisotopic (exact) mass is 410 g/mol. The van der Waals surface area contributed by atoms with Crippen molar-refractivity contribution >= 4 is 40.8 Å². The maximum atomic E-state index is 2.35. The summed E-state index contributed by atoms with van der Waals surface area (Å²) in [5.41, 5.74) is 0. The van der Waals surface area contributed by atoms with E-state index >= 15 is 0 Å². The molecule has 14 heavy (non-hydrogen) atoms. The molecule has 0 N–H and O–H groups in total. The van der Waals surface area contributed by atoms with E-state index < -0.39 is 20.4 Å². The summed E-state index contributed by atoms with van der Waals surface area (Å²) < 4.78 is 3.54. The summed E-state index contributed by atoms with van der Waals surface area (Å²) >= 11 is -1.25. The van der Waals surface area contributed by atoms with Gasteiger partial charge in [-0.05, 0) is 0 Å². The van der Waals surface area contributed by atoms with Crippen LogP contribution in [-0.4, -0.2) is 6.88 Å². The van der Waals surface area contributed by atoms with Gasteiger partial charge in [0.05, 0.1) is 0 Å². The molecular formula is C10H14Br2SiZr. The van der Waals surface area contributed by atoms with E-state index in [0.717, 1.165) is 0 Å². The van der Waals surface area contributed by atoms with Crippen molar-refractivity contribution < 1.29 is 20.4 Å². The fraction of sp³-hybridized carbons (Fsp3) is 0.200. The molecule has 0 aromatic heterocycles. The Morgan fingerprint density at radius 3 is 1.64 bits per heavy atom. The van der Waals surface area contributed by atoms with Gasteiger partial charge in [-0.2, -0.15) is 0 Å². The Labute approximate surface area is 116 Å². The molecule has 0 aromatic rings. The molecule has 0 unspecified atom stereocenters. The van der Waals surface area contributed by atoms with Gasteiger partial charge in [0.2, 0.25) is 0 Å². The van der Waals surface area contributed by atoms with Crippen LogP contribution in [0.25, 0.3) is 0 Å². The average Bonchev–Trinajstić information content (AvgIpc) is 2.77. The molecule has 0 amide bonds. The first-order valence-electron chi connectivity index (χ1n) is 4.29. The molecule has 0 fully saturated rings. The summed E-state index contributed by atoms with van der Waals surface area (Å²) in [6.07, 6.45) is 16.2. The van der Waals surface area contributed by atoms with E-state index in [2.05, 4.69) is 43.3 Å². The van der Waals surface area contributed by atoms with Crippen molar-refractivity contribution in [2.24, 2.45) is 0 Å². The van der Waals surface area contributed by atoms with Gasteiger partial charge in [0.25, 0.3) is 0 Å². The number of allylic oxidation sites excluding steroid dienone is 8. The zero-order valence-electron chi connectivity index (χ0n) is 7.90. The molecule has 0 heterocycles. The Kier molecular flexibility index (Phi) is 7.85. The third kappa shape index (κ3) is 3.55. The van der Waals surface area contributed by atoms with Crippen LogP contribution in [0.4, 0.5) is 0 Å². The van der Waals surface area contributed by atoms with Gasteiger partial charge in [-0.1, -0.05) is 0 Å². The van der Waals surface area contributed by atoms with Crippen LogP contribution in [0.2, 0.25) is 0 Å². The zero-order valence-corrected chi connectivity index (χ0v) is 15.2. The quantitative estimate of drug-likeness (QED) is 0.611. The van der Waals surface area contributed by atoms with Crippen molar-refractivity contribution in [1.29, 1.82) is 0 Å². The molecule has 76 valence electrons. The van der Waals surface area contributed by atoms with Crippen LogP contribution in [0.3, 0.4) is 0 Å². The van der Waals surface area contributed by atoms with E-state index in [0.29, 0.717) is 0 Å². The first-order chi connectivity index (χ1) is 5.88. The molecule has 0 atom stereocenters. The summed E-state index contributed by atoms with van der Waals surface area (Å²) in [5.74, 6) is 0. The van der Waals surface area contributed by atoms with Crippen LogP contribution in [0.15, 0.2) is 43.0 Å². The summed E-state index contributed by atoms with van der Waals surface area (Å²) in [7, 11) is 0. The van der Waals surface area contributed by atoms with Crippen LogP contribution < -0.4 is 0 Å². The Hall–Kier alpha value is 1.02. The fourth-order valence-corrected chi connectivity index (χ4v) is 8.92. The Morgan fingerprint density at radius 1 is 0.929 bits per heavy atom. The van der Waals surface area contributed by atoms with Crippen molar-refractivity contribution in [3.63, 3.8) is 0 Å². The molecule has 0 aliphatic heterocycles. The van der Waals surface area contributed by atoms with Crippen LogP contribution in [0.5, 0.6) is 0 Å². The van der Waals surface area contributed by atoms with Gasteiger partial charge in [0.1, 0.15) is 0 Å². The molecule has 4 heteroatoms. The molecule has 2 aliphatic carbocycles. The van der Waals surface area contributed by atoms with Crippen LogP contribution >= 0.6 is 34.0 Å². The van der Waals surface area contributed by atoms with Gasteiger partial charge in [0.15, 0.2) is 0 Å². The summed E-state index contributed by atoms with van der Waals surface area (Å²) in [5, 5.41) is 0. The summed E-state index contributed by atoms with van der Waals surface area (Å²) in [4.78, 5) is 0. The van der Waals surface area contributed by atoms with Crippen LogP contribution in [-0.2, 0) is 20.4 Å². The van der Waals surface area contributed by atoms with E-state index in [-0.39, 0.29) is 34.0 Å². The molecule has 2 rings (SSSR count). The van der Waals surface area contributed by atoms with Crippen molar-refractivity contribution in [1.82, 2.24) is 0 Å². The number of halogens is 2. The molecule has 0 bridgehead atoms. The van der Waals surface area contributed by atoms with Crippen molar-refractivity contribution in [2.75, 3.05) is 0 Å². The first kappa shape index (κ1) is 15.0. The number of hydrogen-bond acceptors (Lipinski definition) is 0. The standard InChI is InChI=1S/2C5H5.2BrH.H2Si.Zr/c2*1-2-4-5-3-1;;;;/h2*1-3H,4H2;2*1H;1H2;. The third-order valence-electron chi connectivity index (χ3n) is 2.32. The minimum absolute atomic E-state index is 0. The van der Waals surface area contributed by atoms with Crippen molar-refractivity contribution in [3.05, 3.63) is 43.0 Å². The van der Waals surface area contributed by atoms with Crippen LogP contribution in [0, 0.1) is 0 Å². The van der Waals surface area contributed by atoms with Crippen molar-refractivity contribution in [2.45, 2.75) is 12.8 Å². The second-order valence-electron chi connectivity index (χ2n) is 3.13. The summed E-state index contributed by atoms with van der Waals surface area (Å²) in [6.45, 7) is 2.29. The molecule has 0 saturated carbocycles. The Balaban J connectivity index is 0.000000845. The summed E-state index contributed by atoms with van der Waals surface area (Å²) in [6, 6.07) is 0. The fourth-order valence-electron chi connectivity index (χ4n) is 1.55. The van der Waals surface area contributed by atoms with Gasteiger partial charge in [-0.15, -0.1) is 34.0 Å². The van der Waals surface area contributed by atoms with Gasteiger partial charge < -0.3 is 0 Å². The normalized spacial score (nSPS) is 16.9. The second kappa shape index (κ2) is 7.32. The van der Waals surface area contributed by atoms with Crippen LogP contribution in [0.1, 0.15) is 12.8 Å². The maximum absolute atomic E-state index is 2.35. The van der Waals surface area contributed by atoms with E-state index in [9.17, 15) is 0 Å². The van der Waals surface area contributed by atoms with Gasteiger partial charge >= 0.3 is 83.1 Å². The Bertz CT molecular complexity index is 308. The predicted octanol–water partition coefficient (Wildman–Crippen LogP) is 3.00. The Morgan fingerprint density at radius 2 is 1.36 bits per heavy atom. The molecular weight excluding hydrogens is 399 g/mol. The molecule has 0 radical (unpaired) electrons. The SMILES string of the molecule is Br.Br.[SiH2]=[Zr]([C]1=CC=CC1)[C]1=CC=CC1. The molecule has 0 saturated heterocycles. The number of rotatable bonds is 2. The van der Waals surface area contributed by atoms with Gasteiger partial charge in [-0.25, -0.2) is 0 Å². The van der Waals surface area contributed by atoms with E-state index in [1.807, 2.05) is 0 Å². The van der Waals surface area contributed by atoms with Gasteiger partial charge in [-0.3, -0.25) is 0 Å². The molecule has 0 nitrogen and oxygen atoms in total. The van der Waals surface area contributed by atoms with E-state index in [1.54, 1.807) is 6.56 Å². The minimum atomic E-state index is -1.25. The molecule has 0 aromatic carbocycles.